The second-order valence-corrected chi connectivity index (χ2v) is 6.39. The second kappa shape index (κ2) is 10.2. The quantitative estimate of drug-likeness (QED) is 0.376. The lowest BCUT2D eigenvalue weighted by Gasteiger charge is -2.28. The molecule has 1 aromatic rings. The molecule has 144 valence electrons. The number of hydrogen-bond donors (Lipinski definition) is 2. The third kappa shape index (κ3) is 7.81. The Labute approximate surface area is 164 Å². The minimum Gasteiger partial charge on any atom is -0.383 e. The number of benzene rings is 1. The maximum absolute atomic E-state index is 12.9. The van der Waals surface area contributed by atoms with Crippen LogP contribution in [0.15, 0.2) is 29.3 Å². The van der Waals surface area contributed by atoms with Crippen molar-refractivity contribution in [1.29, 1.82) is 0 Å². The molecule has 2 N–H and O–H groups in total. The zero-order valence-corrected chi connectivity index (χ0v) is 17.5. The third-order valence-electron chi connectivity index (χ3n) is 3.69. The summed E-state index contributed by atoms with van der Waals surface area (Å²) >= 11 is 0. The molecular formula is C17H27F3IN3O. The molecule has 0 spiro atoms. The molecule has 0 heterocycles. The normalized spacial score (nSPS) is 13.8. The first-order chi connectivity index (χ1) is 11.1. The summed E-state index contributed by atoms with van der Waals surface area (Å²) in [5.41, 5.74) is -0.516. The lowest BCUT2D eigenvalue weighted by atomic mass is 9.84. The number of alkyl halides is 3. The summed E-state index contributed by atoms with van der Waals surface area (Å²) in [5.74, 6) is 0.583. The number of halogens is 4. The number of guanidine groups is 1. The fourth-order valence-electron chi connectivity index (χ4n) is 2.24. The zero-order valence-electron chi connectivity index (χ0n) is 15.2. The van der Waals surface area contributed by atoms with E-state index >= 15 is 0 Å². The zero-order chi connectivity index (χ0) is 18.4. The van der Waals surface area contributed by atoms with Crippen molar-refractivity contribution in [2.45, 2.75) is 38.4 Å². The van der Waals surface area contributed by atoms with Gasteiger partial charge < -0.3 is 15.4 Å². The second-order valence-electron chi connectivity index (χ2n) is 6.39. The van der Waals surface area contributed by atoms with Gasteiger partial charge in [0, 0.05) is 32.2 Å². The van der Waals surface area contributed by atoms with Crippen LogP contribution in [0.3, 0.4) is 0 Å². The highest BCUT2D eigenvalue weighted by Gasteiger charge is 2.32. The lowest BCUT2D eigenvalue weighted by Crippen LogP contribution is -2.47. The van der Waals surface area contributed by atoms with Gasteiger partial charge in [-0.3, -0.25) is 4.99 Å². The largest absolute Gasteiger partial charge is 0.416 e. The number of hydrogen-bond acceptors (Lipinski definition) is 2. The van der Waals surface area contributed by atoms with Gasteiger partial charge in [-0.15, -0.1) is 24.0 Å². The van der Waals surface area contributed by atoms with Gasteiger partial charge in [-0.2, -0.15) is 13.2 Å². The topological polar surface area (TPSA) is 45.7 Å². The Balaban J connectivity index is 0.00000576. The molecule has 0 fully saturated rings. The molecule has 1 atom stereocenters. The monoisotopic (exact) mass is 473 g/mol. The first-order valence-electron chi connectivity index (χ1n) is 7.74. The van der Waals surface area contributed by atoms with Crippen LogP contribution in [0.25, 0.3) is 0 Å². The van der Waals surface area contributed by atoms with E-state index in [4.69, 9.17) is 4.74 Å². The molecule has 0 aliphatic carbocycles. The minimum absolute atomic E-state index is 0. The summed E-state index contributed by atoms with van der Waals surface area (Å²) in [7, 11) is 3.26. The van der Waals surface area contributed by atoms with Crippen LogP contribution in [0.5, 0.6) is 0 Å². The molecule has 0 aromatic heterocycles. The van der Waals surface area contributed by atoms with Crippen molar-refractivity contribution in [3.8, 4) is 0 Å². The number of nitrogens with one attached hydrogen (secondary N) is 2. The average Bonchev–Trinajstić information content (AvgIpc) is 2.51. The van der Waals surface area contributed by atoms with Crippen molar-refractivity contribution < 1.29 is 17.9 Å². The number of aliphatic imine (C=N–C) groups is 1. The van der Waals surface area contributed by atoms with Gasteiger partial charge in [-0.25, -0.2) is 0 Å². The Kier molecular flexibility index (Phi) is 9.78. The number of ether oxygens (including phenoxy) is 1. The van der Waals surface area contributed by atoms with E-state index in [0.717, 1.165) is 6.07 Å². The summed E-state index contributed by atoms with van der Waals surface area (Å²) in [4.78, 5) is 4.12. The maximum atomic E-state index is 12.9. The van der Waals surface area contributed by atoms with Crippen molar-refractivity contribution >= 4 is 29.9 Å². The molecule has 1 aromatic carbocycles. The Hall–Kier alpha value is -1.03. The van der Waals surface area contributed by atoms with Crippen molar-refractivity contribution in [3.63, 3.8) is 0 Å². The molecule has 25 heavy (non-hydrogen) atoms. The van der Waals surface area contributed by atoms with Gasteiger partial charge in [-0.05, 0) is 18.6 Å². The minimum atomic E-state index is -4.34. The van der Waals surface area contributed by atoms with Crippen LogP contribution in [0.2, 0.25) is 0 Å². The van der Waals surface area contributed by atoms with E-state index in [2.05, 4.69) is 15.6 Å². The Morgan fingerprint density at radius 2 is 1.84 bits per heavy atom. The van der Waals surface area contributed by atoms with Gasteiger partial charge >= 0.3 is 6.18 Å². The van der Waals surface area contributed by atoms with Gasteiger partial charge in [0.25, 0.3) is 0 Å². The molecule has 1 unspecified atom stereocenters. The van der Waals surface area contributed by atoms with Crippen LogP contribution in [-0.2, 0) is 16.3 Å². The van der Waals surface area contributed by atoms with Crippen molar-refractivity contribution in [2.24, 2.45) is 4.99 Å². The van der Waals surface area contributed by atoms with Crippen LogP contribution in [0.4, 0.5) is 13.2 Å². The van der Waals surface area contributed by atoms with Crippen LogP contribution in [-0.4, -0.2) is 39.3 Å². The van der Waals surface area contributed by atoms with Crippen molar-refractivity contribution in [2.75, 3.05) is 27.3 Å². The van der Waals surface area contributed by atoms with E-state index in [9.17, 15) is 13.2 Å². The van der Waals surface area contributed by atoms with E-state index in [-0.39, 0.29) is 30.0 Å². The van der Waals surface area contributed by atoms with Crippen molar-refractivity contribution in [1.82, 2.24) is 10.6 Å². The van der Waals surface area contributed by atoms with E-state index in [0.29, 0.717) is 24.7 Å². The van der Waals surface area contributed by atoms with Gasteiger partial charge in [0.2, 0.25) is 0 Å². The summed E-state index contributed by atoms with van der Waals surface area (Å²) < 4.78 is 43.7. The summed E-state index contributed by atoms with van der Waals surface area (Å²) in [6.45, 7) is 6.70. The molecule has 4 nitrogen and oxygen atoms in total. The van der Waals surface area contributed by atoms with E-state index in [1.165, 1.54) is 12.1 Å². The Morgan fingerprint density at radius 1 is 1.24 bits per heavy atom. The van der Waals surface area contributed by atoms with Gasteiger partial charge in [0.05, 0.1) is 12.2 Å². The Morgan fingerprint density at radius 3 is 2.36 bits per heavy atom. The molecule has 0 saturated heterocycles. The first-order valence-corrected chi connectivity index (χ1v) is 7.74. The first kappa shape index (κ1) is 24.0. The highest BCUT2D eigenvalue weighted by atomic mass is 127. The molecule has 1 rings (SSSR count). The fraction of sp³-hybridized carbons (Fsp3) is 0.588. The molecule has 0 bridgehead atoms. The van der Waals surface area contributed by atoms with Gasteiger partial charge in [0.1, 0.15) is 0 Å². The van der Waals surface area contributed by atoms with E-state index < -0.39 is 17.2 Å². The molecular weight excluding hydrogens is 446 g/mol. The smallest absolute Gasteiger partial charge is 0.383 e. The molecule has 0 saturated carbocycles. The number of nitrogens with zero attached hydrogens (tertiary/aromatic N) is 1. The maximum Gasteiger partial charge on any atom is 0.416 e. The molecule has 8 heteroatoms. The van der Waals surface area contributed by atoms with Gasteiger partial charge in [-0.1, -0.05) is 32.0 Å². The van der Waals surface area contributed by atoms with Gasteiger partial charge in [0.15, 0.2) is 5.96 Å². The van der Waals surface area contributed by atoms with E-state index in [1.54, 1.807) is 20.2 Å². The van der Waals surface area contributed by atoms with Crippen LogP contribution >= 0.6 is 24.0 Å². The fourth-order valence-corrected chi connectivity index (χ4v) is 2.24. The van der Waals surface area contributed by atoms with Crippen LogP contribution < -0.4 is 10.6 Å². The number of rotatable bonds is 6. The third-order valence-corrected chi connectivity index (χ3v) is 3.69. The van der Waals surface area contributed by atoms with E-state index in [1.807, 2.05) is 20.8 Å². The number of methoxy groups -OCH3 is 1. The summed E-state index contributed by atoms with van der Waals surface area (Å²) in [6, 6.07) is 5.50. The summed E-state index contributed by atoms with van der Waals surface area (Å²) in [5, 5.41) is 6.32. The molecule has 0 amide bonds. The summed E-state index contributed by atoms with van der Waals surface area (Å²) in [6.07, 6.45) is -4.34. The predicted molar refractivity (Wildman–Crippen MR) is 106 cm³/mol. The highest BCUT2D eigenvalue weighted by molar-refractivity contribution is 14.0. The van der Waals surface area contributed by atoms with Crippen molar-refractivity contribution in [3.05, 3.63) is 35.4 Å². The Bertz CT molecular complexity index is 562. The van der Waals surface area contributed by atoms with Crippen LogP contribution in [0, 0.1) is 0 Å². The molecule has 0 radical (unpaired) electrons. The van der Waals surface area contributed by atoms with Crippen LogP contribution in [0.1, 0.15) is 31.9 Å². The average molecular weight is 473 g/mol. The molecule has 0 aliphatic heterocycles. The molecule has 0 aliphatic rings. The standard InChI is InChI=1S/C17H26F3N3O.HI/c1-12(10-24-5)23-15(21-4)22-11-16(2,3)13-7-6-8-14(9-13)17(18,19)20;/h6-9,12H,10-11H2,1-5H3,(H2,21,22,23);1H. The predicted octanol–water partition coefficient (Wildman–Crippen LogP) is 3.80. The lowest BCUT2D eigenvalue weighted by molar-refractivity contribution is -0.137. The SMILES string of the molecule is CN=C(NCC(C)(C)c1cccc(C(F)(F)F)c1)NC(C)COC.I. The highest BCUT2D eigenvalue weighted by Crippen LogP contribution is 2.32.